The van der Waals surface area contributed by atoms with Crippen molar-refractivity contribution in [3.63, 3.8) is 0 Å². The number of hydrogen-bond donors (Lipinski definition) is 1. The highest BCUT2D eigenvalue weighted by molar-refractivity contribution is 5.80. The molecule has 0 saturated heterocycles. The van der Waals surface area contributed by atoms with Crippen molar-refractivity contribution in [2.75, 3.05) is 20.3 Å². The van der Waals surface area contributed by atoms with Crippen LogP contribution in [0.3, 0.4) is 0 Å². The maximum absolute atomic E-state index is 12.1. The number of carbonyl (C=O) groups excluding carboxylic acids is 1. The standard InChI is InChI=1S/C21H27NO3/c1-3-25-20(23)21(22,16-24-2)15-7-8-17-11-13-19(14-12-17)18-9-5-4-6-10-18/h4-6,9-14H,3,7-8,15-16,22H2,1-2H3/t21-/m0/s1. The lowest BCUT2D eigenvalue weighted by molar-refractivity contribution is -0.152. The van der Waals surface area contributed by atoms with Crippen LogP contribution < -0.4 is 5.73 Å². The van der Waals surface area contributed by atoms with E-state index in [0.29, 0.717) is 13.0 Å². The first-order valence-electron chi connectivity index (χ1n) is 8.68. The molecule has 2 aromatic rings. The molecule has 0 fully saturated rings. The minimum absolute atomic E-state index is 0.165. The van der Waals surface area contributed by atoms with Crippen molar-refractivity contribution in [2.45, 2.75) is 31.7 Å². The summed E-state index contributed by atoms with van der Waals surface area (Å²) >= 11 is 0. The van der Waals surface area contributed by atoms with E-state index in [4.69, 9.17) is 15.2 Å². The van der Waals surface area contributed by atoms with E-state index in [0.717, 1.165) is 12.8 Å². The fourth-order valence-electron chi connectivity index (χ4n) is 2.87. The highest BCUT2D eigenvalue weighted by atomic mass is 16.5. The fourth-order valence-corrected chi connectivity index (χ4v) is 2.87. The first kappa shape index (κ1) is 19.2. The molecule has 0 saturated carbocycles. The van der Waals surface area contributed by atoms with Gasteiger partial charge in [0.05, 0.1) is 13.2 Å². The molecule has 0 unspecified atom stereocenters. The van der Waals surface area contributed by atoms with Crippen molar-refractivity contribution in [1.82, 2.24) is 0 Å². The lowest BCUT2D eigenvalue weighted by Crippen LogP contribution is -2.52. The van der Waals surface area contributed by atoms with Gasteiger partial charge < -0.3 is 15.2 Å². The summed E-state index contributed by atoms with van der Waals surface area (Å²) in [5.41, 5.74) is 8.76. The van der Waals surface area contributed by atoms with Crippen LogP contribution in [0.15, 0.2) is 54.6 Å². The van der Waals surface area contributed by atoms with Crippen LogP contribution in [-0.2, 0) is 20.7 Å². The summed E-state index contributed by atoms with van der Waals surface area (Å²) in [6.07, 6.45) is 2.18. The molecule has 0 amide bonds. The lowest BCUT2D eigenvalue weighted by atomic mass is 9.93. The smallest absolute Gasteiger partial charge is 0.328 e. The zero-order valence-electron chi connectivity index (χ0n) is 15.0. The number of nitrogens with two attached hydrogens (primary N) is 1. The lowest BCUT2D eigenvalue weighted by Gasteiger charge is -2.26. The normalized spacial score (nSPS) is 13.2. The van der Waals surface area contributed by atoms with Gasteiger partial charge in [0.1, 0.15) is 5.54 Å². The van der Waals surface area contributed by atoms with Crippen molar-refractivity contribution in [3.8, 4) is 11.1 Å². The second kappa shape index (κ2) is 9.35. The van der Waals surface area contributed by atoms with E-state index >= 15 is 0 Å². The van der Waals surface area contributed by atoms with E-state index in [1.807, 2.05) is 18.2 Å². The Morgan fingerprint density at radius 1 is 1.04 bits per heavy atom. The topological polar surface area (TPSA) is 61.5 Å². The predicted octanol–water partition coefficient (Wildman–Crippen LogP) is 3.58. The summed E-state index contributed by atoms with van der Waals surface area (Å²) in [5, 5.41) is 0. The Labute approximate surface area is 150 Å². The number of aryl methyl sites for hydroxylation is 1. The molecule has 2 aromatic carbocycles. The van der Waals surface area contributed by atoms with Crippen molar-refractivity contribution >= 4 is 5.97 Å². The van der Waals surface area contributed by atoms with Gasteiger partial charge in [-0.1, -0.05) is 54.6 Å². The maximum Gasteiger partial charge on any atom is 0.328 e. The molecule has 0 radical (unpaired) electrons. The number of carbonyl (C=O) groups is 1. The van der Waals surface area contributed by atoms with E-state index in [2.05, 4.69) is 36.4 Å². The Morgan fingerprint density at radius 2 is 1.68 bits per heavy atom. The summed E-state index contributed by atoms with van der Waals surface area (Å²) in [7, 11) is 1.54. The molecule has 25 heavy (non-hydrogen) atoms. The van der Waals surface area contributed by atoms with Gasteiger partial charge in [0.15, 0.2) is 0 Å². The number of methoxy groups -OCH3 is 1. The largest absolute Gasteiger partial charge is 0.465 e. The minimum atomic E-state index is -1.07. The van der Waals surface area contributed by atoms with Crippen LogP contribution in [0.5, 0.6) is 0 Å². The Morgan fingerprint density at radius 3 is 2.28 bits per heavy atom. The predicted molar refractivity (Wildman–Crippen MR) is 100 cm³/mol. The second-order valence-electron chi connectivity index (χ2n) is 6.23. The van der Waals surface area contributed by atoms with Gasteiger partial charge in [-0.15, -0.1) is 0 Å². The molecule has 0 aliphatic heterocycles. The summed E-state index contributed by atoms with van der Waals surface area (Å²) < 4.78 is 10.2. The molecule has 1 atom stereocenters. The van der Waals surface area contributed by atoms with Crippen LogP contribution in [0.2, 0.25) is 0 Å². The van der Waals surface area contributed by atoms with Crippen LogP contribution in [0.1, 0.15) is 25.3 Å². The van der Waals surface area contributed by atoms with E-state index in [1.54, 1.807) is 14.0 Å². The van der Waals surface area contributed by atoms with E-state index in [1.165, 1.54) is 16.7 Å². The van der Waals surface area contributed by atoms with Crippen molar-refractivity contribution in [2.24, 2.45) is 5.73 Å². The molecule has 134 valence electrons. The molecule has 0 aromatic heterocycles. The molecule has 2 rings (SSSR count). The van der Waals surface area contributed by atoms with Crippen LogP contribution in [0.25, 0.3) is 11.1 Å². The molecule has 0 aliphatic rings. The van der Waals surface area contributed by atoms with Gasteiger partial charge in [-0.25, -0.2) is 4.79 Å². The number of benzene rings is 2. The van der Waals surface area contributed by atoms with Gasteiger partial charge in [-0.05, 0) is 42.9 Å². The molecule has 0 spiro atoms. The van der Waals surface area contributed by atoms with Crippen LogP contribution in [0.4, 0.5) is 0 Å². The fraction of sp³-hybridized carbons (Fsp3) is 0.381. The third-order valence-electron chi connectivity index (χ3n) is 4.23. The summed E-state index contributed by atoms with van der Waals surface area (Å²) in [4.78, 5) is 12.1. The number of esters is 1. The number of ether oxygens (including phenoxy) is 2. The average Bonchev–Trinajstić information content (AvgIpc) is 2.63. The molecule has 0 bridgehead atoms. The zero-order chi connectivity index (χ0) is 18.1. The quantitative estimate of drug-likeness (QED) is 0.708. The highest BCUT2D eigenvalue weighted by Crippen LogP contribution is 2.21. The Bertz CT molecular complexity index is 655. The average molecular weight is 341 g/mol. The van der Waals surface area contributed by atoms with Gasteiger partial charge in [0.2, 0.25) is 0 Å². The van der Waals surface area contributed by atoms with Crippen molar-refractivity contribution < 1.29 is 14.3 Å². The molecule has 0 heterocycles. The van der Waals surface area contributed by atoms with Gasteiger partial charge in [-0.3, -0.25) is 0 Å². The third kappa shape index (κ3) is 5.41. The van der Waals surface area contributed by atoms with Gasteiger partial charge in [0, 0.05) is 7.11 Å². The highest BCUT2D eigenvalue weighted by Gasteiger charge is 2.35. The van der Waals surface area contributed by atoms with Crippen LogP contribution in [0, 0.1) is 0 Å². The molecule has 0 aliphatic carbocycles. The molecule has 4 nitrogen and oxygen atoms in total. The van der Waals surface area contributed by atoms with Crippen molar-refractivity contribution in [1.29, 1.82) is 0 Å². The Balaban J connectivity index is 1.93. The minimum Gasteiger partial charge on any atom is -0.465 e. The van der Waals surface area contributed by atoms with Gasteiger partial charge in [-0.2, -0.15) is 0 Å². The molecular weight excluding hydrogens is 314 g/mol. The Kier molecular flexibility index (Phi) is 7.16. The van der Waals surface area contributed by atoms with Crippen LogP contribution >= 0.6 is 0 Å². The van der Waals surface area contributed by atoms with E-state index in [-0.39, 0.29) is 6.61 Å². The molecule has 4 heteroatoms. The molecule has 2 N–H and O–H groups in total. The van der Waals surface area contributed by atoms with Gasteiger partial charge >= 0.3 is 5.97 Å². The third-order valence-corrected chi connectivity index (χ3v) is 4.23. The van der Waals surface area contributed by atoms with Crippen LogP contribution in [-0.4, -0.2) is 31.8 Å². The number of rotatable bonds is 9. The second-order valence-corrected chi connectivity index (χ2v) is 6.23. The van der Waals surface area contributed by atoms with Gasteiger partial charge in [0.25, 0.3) is 0 Å². The zero-order valence-corrected chi connectivity index (χ0v) is 15.0. The first-order valence-corrected chi connectivity index (χ1v) is 8.68. The first-order chi connectivity index (χ1) is 12.1. The molecular formula is C21H27NO3. The summed E-state index contributed by atoms with van der Waals surface area (Å²) in [5.74, 6) is -0.392. The van der Waals surface area contributed by atoms with E-state index in [9.17, 15) is 4.79 Å². The Hall–Kier alpha value is -2.17. The number of hydrogen-bond acceptors (Lipinski definition) is 4. The monoisotopic (exact) mass is 341 g/mol. The summed E-state index contributed by atoms with van der Waals surface area (Å²) in [6.45, 7) is 2.26. The van der Waals surface area contributed by atoms with Crippen molar-refractivity contribution in [3.05, 3.63) is 60.2 Å². The summed E-state index contributed by atoms with van der Waals surface area (Å²) in [6, 6.07) is 18.8. The van der Waals surface area contributed by atoms with E-state index < -0.39 is 11.5 Å². The SMILES string of the molecule is CCOC(=O)[C@](N)(CCCc1ccc(-c2ccccc2)cc1)COC. The maximum atomic E-state index is 12.1.